The van der Waals surface area contributed by atoms with Crippen molar-refractivity contribution in [2.45, 2.75) is 52.5 Å². The van der Waals surface area contributed by atoms with E-state index in [1.54, 1.807) is 15.7 Å². The summed E-state index contributed by atoms with van der Waals surface area (Å²) in [7, 11) is 0. The number of imidazole rings is 1. The van der Waals surface area contributed by atoms with Crippen molar-refractivity contribution in [3.63, 3.8) is 0 Å². The van der Waals surface area contributed by atoms with Crippen LogP contribution < -0.4 is 10.1 Å². The quantitative estimate of drug-likeness (QED) is 0.332. The van der Waals surface area contributed by atoms with Crippen LogP contribution in [-0.4, -0.2) is 50.4 Å². The molecule has 10 heteroatoms. The van der Waals surface area contributed by atoms with E-state index in [0.29, 0.717) is 42.2 Å². The predicted molar refractivity (Wildman–Crippen MR) is 149 cm³/mol. The maximum atomic E-state index is 14.0. The summed E-state index contributed by atoms with van der Waals surface area (Å²) in [6, 6.07) is 8.30. The summed E-state index contributed by atoms with van der Waals surface area (Å²) in [5.41, 5.74) is 3.46. The average Bonchev–Trinajstić information content (AvgIpc) is 3.72. The summed E-state index contributed by atoms with van der Waals surface area (Å²) < 4.78 is 7.43. The number of ether oxygens (including phenoxy) is 1. The fraction of sp³-hybridized carbons (Fsp3) is 0.429. The summed E-state index contributed by atoms with van der Waals surface area (Å²) in [6.45, 7) is 6.95. The first-order valence-electron chi connectivity index (χ1n) is 13.2. The number of nitrogens with one attached hydrogen (secondary N) is 1. The summed E-state index contributed by atoms with van der Waals surface area (Å²) >= 11 is 3.05. The van der Waals surface area contributed by atoms with Gasteiger partial charge in [0.1, 0.15) is 11.4 Å². The van der Waals surface area contributed by atoms with Gasteiger partial charge in [-0.25, -0.2) is 14.8 Å². The number of hydrogen-bond acceptors (Lipinski definition) is 7. The molecule has 0 bridgehead atoms. The van der Waals surface area contributed by atoms with Gasteiger partial charge in [0.05, 0.1) is 15.9 Å². The van der Waals surface area contributed by atoms with Gasteiger partial charge in [0.2, 0.25) is 5.88 Å². The molecule has 3 aromatic heterocycles. The summed E-state index contributed by atoms with van der Waals surface area (Å²) in [6.07, 6.45) is 5.62. The zero-order valence-corrected chi connectivity index (χ0v) is 23.4. The van der Waals surface area contributed by atoms with Crippen molar-refractivity contribution in [3.05, 3.63) is 57.8 Å². The standard InChI is InChI=1S/C28H31N5O3S2/c1-4-18-8-10-19(11-9-18)24-23(31-17(3)38-24)25(34)33-15-20-6-5-7-21(20)22(33)14-29-28(35)36-26-16(2)30-27-32(26)12-13-37-27/h8-13,20-22H,4-7,14-15H2,1-3H3,(H,29,35)/t20-,21-,22+/m0/s1. The van der Waals surface area contributed by atoms with Gasteiger partial charge in [-0.15, -0.1) is 22.7 Å². The first kappa shape index (κ1) is 25.1. The molecule has 3 atom stereocenters. The molecule has 1 aliphatic carbocycles. The van der Waals surface area contributed by atoms with E-state index >= 15 is 0 Å². The summed E-state index contributed by atoms with van der Waals surface area (Å²) in [5.74, 6) is 1.20. The second kappa shape index (κ2) is 10.1. The Balaban J connectivity index is 1.21. The molecule has 4 aromatic rings. The SMILES string of the molecule is CCc1ccc(-c2sc(C)nc2C(=O)N2C[C@@H]3CCC[C@@H]3[C@H]2CNC(=O)Oc2c(C)nc3sccn23)cc1. The van der Waals surface area contributed by atoms with Crippen molar-refractivity contribution in [2.75, 3.05) is 13.1 Å². The van der Waals surface area contributed by atoms with Crippen molar-refractivity contribution in [1.82, 2.24) is 24.6 Å². The Bertz CT molecular complexity index is 1490. The third-order valence-electron chi connectivity index (χ3n) is 7.89. The van der Waals surface area contributed by atoms with Gasteiger partial charge in [-0.2, -0.15) is 0 Å². The van der Waals surface area contributed by atoms with Crippen molar-refractivity contribution in [2.24, 2.45) is 11.8 Å². The van der Waals surface area contributed by atoms with Crippen LogP contribution >= 0.6 is 22.7 Å². The number of hydrogen-bond donors (Lipinski definition) is 1. The van der Waals surface area contributed by atoms with Gasteiger partial charge in [-0.3, -0.25) is 9.20 Å². The summed E-state index contributed by atoms with van der Waals surface area (Å²) in [5, 5.41) is 5.73. The second-order valence-corrected chi connectivity index (χ2v) is 12.2. The number of likely N-dealkylation sites (tertiary alicyclic amines) is 1. The molecule has 8 nitrogen and oxygen atoms in total. The molecule has 198 valence electrons. The van der Waals surface area contributed by atoms with E-state index < -0.39 is 6.09 Å². The van der Waals surface area contributed by atoms with E-state index in [0.717, 1.165) is 46.1 Å². The number of amides is 2. The molecule has 1 saturated heterocycles. The van der Waals surface area contributed by atoms with Gasteiger partial charge >= 0.3 is 6.09 Å². The molecule has 1 saturated carbocycles. The number of nitrogens with zero attached hydrogens (tertiary/aromatic N) is 4. The Kier molecular flexibility index (Phi) is 6.69. The number of thiazole rings is 2. The summed E-state index contributed by atoms with van der Waals surface area (Å²) in [4.78, 5) is 39.6. The Morgan fingerprint density at radius 3 is 2.76 bits per heavy atom. The monoisotopic (exact) mass is 549 g/mol. The second-order valence-electron chi connectivity index (χ2n) is 10.2. The molecule has 2 amide bonds. The van der Waals surface area contributed by atoms with Crippen LogP contribution in [-0.2, 0) is 6.42 Å². The van der Waals surface area contributed by atoms with Crippen LogP contribution in [0.3, 0.4) is 0 Å². The predicted octanol–water partition coefficient (Wildman–Crippen LogP) is 5.73. The van der Waals surface area contributed by atoms with E-state index in [9.17, 15) is 9.59 Å². The number of fused-ring (bicyclic) bond motifs is 2. The molecule has 1 N–H and O–H groups in total. The number of benzene rings is 1. The zero-order chi connectivity index (χ0) is 26.4. The lowest BCUT2D eigenvalue weighted by Crippen LogP contribution is -2.46. The Labute approximate surface area is 229 Å². The lowest BCUT2D eigenvalue weighted by Gasteiger charge is -2.28. The first-order valence-corrected chi connectivity index (χ1v) is 14.9. The smallest absolute Gasteiger partial charge is 0.391 e. The molecule has 0 spiro atoms. The highest BCUT2D eigenvalue weighted by Gasteiger charge is 2.47. The van der Waals surface area contributed by atoms with E-state index in [1.807, 2.05) is 30.3 Å². The van der Waals surface area contributed by atoms with Crippen molar-refractivity contribution in [1.29, 1.82) is 0 Å². The average molecular weight is 550 g/mol. The van der Waals surface area contributed by atoms with Crippen LogP contribution in [0.1, 0.15) is 52.9 Å². The highest BCUT2D eigenvalue weighted by Crippen LogP contribution is 2.43. The molecule has 6 rings (SSSR count). The molecule has 1 aliphatic heterocycles. The minimum Gasteiger partial charge on any atom is -0.391 e. The largest absolute Gasteiger partial charge is 0.414 e. The molecule has 38 heavy (non-hydrogen) atoms. The lowest BCUT2D eigenvalue weighted by atomic mass is 9.94. The number of aryl methyl sites for hydroxylation is 3. The zero-order valence-electron chi connectivity index (χ0n) is 21.8. The number of rotatable bonds is 6. The van der Waals surface area contributed by atoms with Crippen LogP contribution in [0.2, 0.25) is 0 Å². The molecule has 0 unspecified atom stereocenters. The van der Waals surface area contributed by atoms with Crippen LogP contribution in [0, 0.1) is 25.7 Å². The fourth-order valence-electron chi connectivity index (χ4n) is 6.02. The van der Waals surface area contributed by atoms with E-state index in [2.05, 4.69) is 46.5 Å². The number of carbonyl (C=O) groups is 2. The minimum atomic E-state index is -0.531. The maximum absolute atomic E-state index is 14.0. The van der Waals surface area contributed by atoms with Gasteiger partial charge < -0.3 is 15.0 Å². The number of carbonyl (C=O) groups excluding carboxylic acids is 2. The van der Waals surface area contributed by atoms with Gasteiger partial charge in [0.25, 0.3) is 5.91 Å². The van der Waals surface area contributed by atoms with E-state index in [-0.39, 0.29) is 11.9 Å². The molecule has 2 fully saturated rings. The van der Waals surface area contributed by atoms with Gasteiger partial charge in [-0.05, 0) is 56.1 Å². The lowest BCUT2D eigenvalue weighted by molar-refractivity contribution is 0.0706. The highest BCUT2D eigenvalue weighted by atomic mass is 32.1. The third-order valence-corrected chi connectivity index (χ3v) is 9.67. The Morgan fingerprint density at radius 2 is 1.97 bits per heavy atom. The fourth-order valence-corrected chi connectivity index (χ4v) is 7.68. The third kappa shape index (κ3) is 4.49. The molecule has 0 radical (unpaired) electrons. The van der Waals surface area contributed by atoms with Crippen LogP contribution in [0.5, 0.6) is 5.88 Å². The maximum Gasteiger partial charge on any atom is 0.414 e. The molecular weight excluding hydrogens is 518 g/mol. The van der Waals surface area contributed by atoms with Crippen LogP contribution in [0.15, 0.2) is 35.8 Å². The van der Waals surface area contributed by atoms with Gasteiger partial charge in [-0.1, -0.05) is 37.6 Å². The topological polar surface area (TPSA) is 88.8 Å². The number of aromatic nitrogens is 3. The van der Waals surface area contributed by atoms with Crippen molar-refractivity contribution < 1.29 is 14.3 Å². The van der Waals surface area contributed by atoms with Crippen molar-refractivity contribution >= 4 is 39.6 Å². The Hall–Kier alpha value is -3.24. The van der Waals surface area contributed by atoms with E-state index in [4.69, 9.17) is 4.74 Å². The minimum absolute atomic E-state index is 0.0508. The van der Waals surface area contributed by atoms with Crippen LogP contribution in [0.4, 0.5) is 4.79 Å². The molecule has 2 aliphatic rings. The van der Waals surface area contributed by atoms with Crippen LogP contribution in [0.25, 0.3) is 15.4 Å². The van der Waals surface area contributed by atoms with Gasteiger partial charge in [0, 0.05) is 24.7 Å². The normalized spacial score (nSPS) is 20.7. The Morgan fingerprint density at radius 1 is 1.16 bits per heavy atom. The first-order chi connectivity index (χ1) is 18.4. The van der Waals surface area contributed by atoms with E-state index in [1.165, 1.54) is 16.9 Å². The molecule has 4 heterocycles. The molecule has 1 aromatic carbocycles. The molecular formula is C28H31N5O3S2. The van der Waals surface area contributed by atoms with Gasteiger partial charge in [0.15, 0.2) is 4.96 Å². The van der Waals surface area contributed by atoms with Crippen molar-refractivity contribution in [3.8, 4) is 16.3 Å². The highest BCUT2D eigenvalue weighted by molar-refractivity contribution is 7.15.